The van der Waals surface area contributed by atoms with E-state index < -0.39 is 0 Å². The van der Waals surface area contributed by atoms with Crippen molar-refractivity contribution in [3.8, 4) is 22.3 Å². The molecular formula is C40H33NS. The molecule has 0 spiro atoms. The van der Waals surface area contributed by atoms with Gasteiger partial charge in [0.25, 0.3) is 0 Å². The second-order valence-electron chi connectivity index (χ2n) is 11.4. The van der Waals surface area contributed by atoms with Crippen molar-refractivity contribution in [1.29, 1.82) is 0 Å². The number of nitrogens with zero attached hydrogens (tertiary/aromatic N) is 1. The van der Waals surface area contributed by atoms with Crippen molar-refractivity contribution >= 4 is 28.8 Å². The minimum atomic E-state index is -0.0607. The van der Waals surface area contributed by atoms with Crippen LogP contribution in [0.1, 0.15) is 30.5 Å². The van der Waals surface area contributed by atoms with E-state index in [-0.39, 0.29) is 5.41 Å². The summed E-state index contributed by atoms with van der Waals surface area (Å²) in [5.41, 5.74) is 12.7. The highest BCUT2D eigenvalue weighted by Gasteiger charge is 2.37. The van der Waals surface area contributed by atoms with Crippen LogP contribution < -0.4 is 4.90 Å². The van der Waals surface area contributed by atoms with Gasteiger partial charge in [0.1, 0.15) is 0 Å². The van der Waals surface area contributed by atoms with E-state index in [4.69, 9.17) is 0 Å². The number of benzene rings is 6. The fourth-order valence-electron chi connectivity index (χ4n) is 6.46. The summed E-state index contributed by atoms with van der Waals surface area (Å²) in [6.45, 7) is 6.97. The summed E-state index contributed by atoms with van der Waals surface area (Å²) in [6, 6.07) is 52.7. The summed E-state index contributed by atoms with van der Waals surface area (Å²) in [7, 11) is 0. The van der Waals surface area contributed by atoms with Gasteiger partial charge >= 0.3 is 0 Å². The molecule has 0 saturated heterocycles. The predicted molar refractivity (Wildman–Crippen MR) is 179 cm³/mol. The van der Waals surface area contributed by atoms with Crippen LogP contribution in [0.5, 0.6) is 0 Å². The Labute approximate surface area is 253 Å². The van der Waals surface area contributed by atoms with Gasteiger partial charge in [-0.2, -0.15) is 0 Å². The summed E-state index contributed by atoms with van der Waals surface area (Å²) in [5.74, 6) is 0. The molecule has 0 heterocycles. The molecular weight excluding hydrogens is 527 g/mol. The van der Waals surface area contributed by atoms with Crippen LogP contribution in [0, 0.1) is 6.92 Å². The Kier molecular flexibility index (Phi) is 6.72. The lowest BCUT2D eigenvalue weighted by molar-refractivity contribution is 0.660. The van der Waals surface area contributed by atoms with E-state index >= 15 is 0 Å². The summed E-state index contributed by atoms with van der Waals surface area (Å²) >= 11 is 1.82. The fourth-order valence-corrected chi connectivity index (χ4v) is 7.44. The van der Waals surface area contributed by atoms with E-state index in [9.17, 15) is 0 Å². The van der Waals surface area contributed by atoms with Crippen LogP contribution >= 0.6 is 11.8 Å². The number of fused-ring (bicyclic) bond motifs is 3. The molecule has 204 valence electrons. The second kappa shape index (κ2) is 10.7. The van der Waals surface area contributed by atoms with Crippen LogP contribution in [0.3, 0.4) is 0 Å². The van der Waals surface area contributed by atoms with Crippen molar-refractivity contribution in [2.24, 2.45) is 0 Å². The molecule has 0 radical (unpaired) electrons. The average molecular weight is 560 g/mol. The Morgan fingerprint density at radius 3 is 1.86 bits per heavy atom. The summed E-state index contributed by atoms with van der Waals surface area (Å²) in [5, 5.41) is 0. The first-order chi connectivity index (χ1) is 20.5. The standard InChI is InChI=1S/C40H33NS/c1-28-31(32-20-11-13-27-38(32)42-30-18-8-5-9-19-30)22-14-25-36(28)41(29-16-6-4-7-17-29)37-26-15-24-35-39(37)33-21-10-12-23-34(33)40(35,2)3/h4-27H,1-3H3. The Morgan fingerprint density at radius 2 is 1.07 bits per heavy atom. The minimum absolute atomic E-state index is 0.0607. The molecule has 1 aliphatic rings. The maximum absolute atomic E-state index is 2.46. The SMILES string of the molecule is Cc1c(-c2ccccc2Sc2ccccc2)cccc1N(c1ccccc1)c1cccc2c1-c1ccccc1C2(C)C. The maximum Gasteiger partial charge on any atom is 0.0543 e. The van der Waals surface area contributed by atoms with E-state index in [1.165, 1.54) is 60.1 Å². The Bertz CT molecular complexity index is 1890. The molecule has 0 saturated carbocycles. The summed E-state index contributed by atoms with van der Waals surface area (Å²) < 4.78 is 0. The van der Waals surface area contributed by atoms with Crippen LogP contribution in [0.15, 0.2) is 155 Å². The second-order valence-corrected chi connectivity index (χ2v) is 12.5. The third-order valence-corrected chi connectivity index (χ3v) is 9.62. The number of rotatable bonds is 6. The predicted octanol–water partition coefficient (Wildman–Crippen LogP) is 11.6. The molecule has 1 aliphatic carbocycles. The van der Waals surface area contributed by atoms with Crippen molar-refractivity contribution < 1.29 is 0 Å². The summed E-state index contributed by atoms with van der Waals surface area (Å²) in [4.78, 5) is 4.96. The van der Waals surface area contributed by atoms with Gasteiger partial charge in [0.05, 0.1) is 5.69 Å². The molecule has 2 heteroatoms. The van der Waals surface area contributed by atoms with Gasteiger partial charge in [0.2, 0.25) is 0 Å². The van der Waals surface area contributed by atoms with Gasteiger partial charge in [0, 0.05) is 32.1 Å². The van der Waals surface area contributed by atoms with E-state index in [0.29, 0.717) is 0 Å². The molecule has 6 aromatic rings. The van der Waals surface area contributed by atoms with Gasteiger partial charge in [-0.05, 0) is 82.8 Å². The molecule has 0 aliphatic heterocycles. The van der Waals surface area contributed by atoms with Gasteiger partial charge in [-0.1, -0.05) is 129 Å². The van der Waals surface area contributed by atoms with Crippen molar-refractivity contribution in [2.45, 2.75) is 36.0 Å². The molecule has 7 rings (SSSR count). The first-order valence-electron chi connectivity index (χ1n) is 14.5. The molecule has 1 nitrogen and oxygen atoms in total. The molecule has 42 heavy (non-hydrogen) atoms. The Morgan fingerprint density at radius 1 is 0.500 bits per heavy atom. The number of hydrogen-bond acceptors (Lipinski definition) is 2. The minimum Gasteiger partial charge on any atom is -0.310 e. The highest BCUT2D eigenvalue weighted by atomic mass is 32.2. The molecule has 6 aromatic carbocycles. The highest BCUT2D eigenvalue weighted by molar-refractivity contribution is 7.99. The van der Waals surface area contributed by atoms with E-state index in [0.717, 1.165) is 5.69 Å². The molecule has 0 N–H and O–H groups in total. The lowest BCUT2D eigenvalue weighted by Crippen LogP contribution is -2.16. The van der Waals surface area contributed by atoms with Crippen molar-refractivity contribution in [2.75, 3.05) is 4.90 Å². The molecule has 0 atom stereocenters. The van der Waals surface area contributed by atoms with Gasteiger partial charge < -0.3 is 4.90 Å². The van der Waals surface area contributed by atoms with E-state index in [1.54, 1.807) is 0 Å². The number of hydrogen-bond donors (Lipinski definition) is 0. The fraction of sp³-hybridized carbons (Fsp3) is 0.100. The lowest BCUT2D eigenvalue weighted by Gasteiger charge is -2.30. The van der Waals surface area contributed by atoms with Gasteiger partial charge in [0.15, 0.2) is 0 Å². The molecule has 0 fully saturated rings. The zero-order valence-electron chi connectivity index (χ0n) is 24.2. The highest BCUT2D eigenvalue weighted by Crippen LogP contribution is 2.54. The quantitative estimate of drug-likeness (QED) is 0.200. The van der Waals surface area contributed by atoms with Gasteiger partial charge in [-0.25, -0.2) is 0 Å². The maximum atomic E-state index is 2.46. The van der Waals surface area contributed by atoms with Crippen LogP contribution in [0.2, 0.25) is 0 Å². The molecule has 0 unspecified atom stereocenters. The zero-order chi connectivity index (χ0) is 28.7. The lowest BCUT2D eigenvalue weighted by atomic mass is 9.82. The zero-order valence-corrected chi connectivity index (χ0v) is 25.0. The van der Waals surface area contributed by atoms with Crippen LogP contribution in [-0.2, 0) is 5.41 Å². The third-order valence-electron chi connectivity index (χ3n) is 8.54. The smallest absolute Gasteiger partial charge is 0.0543 e. The van der Waals surface area contributed by atoms with Crippen molar-refractivity contribution in [3.05, 3.63) is 162 Å². The van der Waals surface area contributed by atoms with E-state index in [1.807, 2.05) is 11.8 Å². The first-order valence-corrected chi connectivity index (χ1v) is 15.4. The molecule has 0 bridgehead atoms. The molecule has 0 amide bonds. The van der Waals surface area contributed by atoms with Gasteiger partial charge in [-0.15, -0.1) is 0 Å². The molecule has 0 aromatic heterocycles. The van der Waals surface area contributed by atoms with Crippen molar-refractivity contribution in [3.63, 3.8) is 0 Å². The van der Waals surface area contributed by atoms with Gasteiger partial charge in [-0.3, -0.25) is 0 Å². The Balaban J connectivity index is 1.43. The Hall–Kier alpha value is -4.53. The normalized spacial score (nSPS) is 12.9. The third kappa shape index (κ3) is 4.44. The largest absolute Gasteiger partial charge is 0.310 e. The monoisotopic (exact) mass is 559 g/mol. The van der Waals surface area contributed by atoms with Crippen molar-refractivity contribution in [1.82, 2.24) is 0 Å². The topological polar surface area (TPSA) is 3.24 Å². The number of anilines is 3. The van der Waals surface area contributed by atoms with Crippen LogP contribution in [-0.4, -0.2) is 0 Å². The number of para-hydroxylation sites is 1. The van der Waals surface area contributed by atoms with Crippen LogP contribution in [0.25, 0.3) is 22.3 Å². The first kappa shape index (κ1) is 26.4. The van der Waals surface area contributed by atoms with Crippen LogP contribution in [0.4, 0.5) is 17.1 Å². The van der Waals surface area contributed by atoms with E-state index in [2.05, 4.69) is 171 Å². The summed E-state index contributed by atoms with van der Waals surface area (Å²) in [6.07, 6.45) is 0. The average Bonchev–Trinajstić information content (AvgIpc) is 3.27.